The summed E-state index contributed by atoms with van der Waals surface area (Å²) in [6.45, 7) is 6.99. The zero-order valence-corrected chi connectivity index (χ0v) is 18.3. The molecule has 2 bridgehead atoms. The maximum absolute atomic E-state index is 6.39. The summed E-state index contributed by atoms with van der Waals surface area (Å²) in [6.07, 6.45) is 6.20. The second-order valence-corrected chi connectivity index (χ2v) is 8.11. The summed E-state index contributed by atoms with van der Waals surface area (Å²) in [4.78, 5) is 4.43. The van der Waals surface area contributed by atoms with Crippen molar-refractivity contribution in [2.24, 2.45) is 7.05 Å². The first-order chi connectivity index (χ1) is 15.0. The minimum absolute atomic E-state index is 0.216. The van der Waals surface area contributed by atoms with E-state index in [1.165, 1.54) is 5.56 Å². The van der Waals surface area contributed by atoms with Crippen LogP contribution in [0, 0.1) is 6.92 Å². The second-order valence-electron chi connectivity index (χ2n) is 8.11. The van der Waals surface area contributed by atoms with E-state index >= 15 is 0 Å². The van der Waals surface area contributed by atoms with E-state index < -0.39 is 0 Å². The number of ether oxygens (including phenoxy) is 1. The smallest absolute Gasteiger partial charge is 0.166 e. The molecular formula is C24H26N6O. The first-order valence-corrected chi connectivity index (χ1v) is 10.5. The van der Waals surface area contributed by atoms with Crippen molar-refractivity contribution >= 4 is 5.82 Å². The van der Waals surface area contributed by atoms with Gasteiger partial charge in [-0.15, -0.1) is 0 Å². The SMILES string of the molecule is CCn1ncc2c1-c1cnc(N)c(c1)OC(C)c1cc(C)ccc1-c1c(cnn1C)C2. The van der Waals surface area contributed by atoms with Crippen molar-refractivity contribution < 1.29 is 4.74 Å². The van der Waals surface area contributed by atoms with Crippen LogP contribution in [0.15, 0.2) is 42.9 Å². The number of pyridine rings is 1. The van der Waals surface area contributed by atoms with Gasteiger partial charge in [0.2, 0.25) is 0 Å². The molecule has 158 valence electrons. The van der Waals surface area contributed by atoms with Gasteiger partial charge in [0.15, 0.2) is 11.6 Å². The first kappa shape index (κ1) is 19.4. The lowest BCUT2D eigenvalue weighted by molar-refractivity contribution is 0.228. The summed E-state index contributed by atoms with van der Waals surface area (Å²) < 4.78 is 10.3. The molecule has 2 N–H and O–H groups in total. The van der Waals surface area contributed by atoms with Crippen LogP contribution in [0.4, 0.5) is 5.82 Å². The largest absolute Gasteiger partial charge is 0.482 e. The van der Waals surface area contributed by atoms with E-state index in [2.05, 4.69) is 47.2 Å². The standard InChI is InChI=1S/C24H26N6O/c1-5-30-22-16(13-28-30)9-17-12-27-29(4)23(17)19-7-6-14(2)8-20(19)15(3)31-21-10-18(22)11-26-24(21)25/h6-8,10-13,15H,5,9H2,1-4H3,(H2,25,26). The van der Waals surface area contributed by atoms with Crippen LogP contribution in [0.3, 0.4) is 0 Å². The zero-order chi connectivity index (χ0) is 21.7. The van der Waals surface area contributed by atoms with Crippen LogP contribution >= 0.6 is 0 Å². The average Bonchev–Trinajstić information content (AvgIpc) is 3.32. The topological polar surface area (TPSA) is 83.8 Å². The van der Waals surface area contributed by atoms with Gasteiger partial charge in [0.25, 0.3) is 0 Å². The van der Waals surface area contributed by atoms with Crippen LogP contribution in [-0.2, 0) is 20.0 Å². The minimum Gasteiger partial charge on any atom is -0.482 e. The predicted octanol–water partition coefficient (Wildman–Crippen LogP) is 4.30. The Balaban J connectivity index is 1.82. The van der Waals surface area contributed by atoms with Gasteiger partial charge in [-0.3, -0.25) is 9.36 Å². The quantitative estimate of drug-likeness (QED) is 0.502. The molecule has 31 heavy (non-hydrogen) atoms. The Morgan fingerprint density at radius 2 is 1.87 bits per heavy atom. The summed E-state index contributed by atoms with van der Waals surface area (Å²) in [7, 11) is 1.99. The number of benzene rings is 1. The molecule has 7 heteroatoms. The molecule has 5 rings (SSSR count). The Morgan fingerprint density at radius 3 is 2.68 bits per heavy atom. The highest BCUT2D eigenvalue weighted by atomic mass is 16.5. The zero-order valence-electron chi connectivity index (χ0n) is 18.3. The molecule has 0 amide bonds. The van der Waals surface area contributed by atoms with E-state index in [-0.39, 0.29) is 6.10 Å². The van der Waals surface area contributed by atoms with E-state index in [4.69, 9.17) is 10.5 Å². The molecule has 1 aliphatic rings. The van der Waals surface area contributed by atoms with Gasteiger partial charge in [0, 0.05) is 54.0 Å². The molecule has 7 nitrogen and oxygen atoms in total. The first-order valence-electron chi connectivity index (χ1n) is 10.5. The number of nitrogens with two attached hydrogens (primary N) is 1. The fraction of sp³-hybridized carbons (Fsp3) is 0.292. The fourth-order valence-electron chi connectivity index (χ4n) is 4.46. The van der Waals surface area contributed by atoms with Gasteiger partial charge < -0.3 is 10.5 Å². The molecule has 0 fully saturated rings. The molecule has 1 atom stereocenters. The van der Waals surface area contributed by atoms with Gasteiger partial charge in [-0.1, -0.05) is 23.8 Å². The molecule has 4 heterocycles. The van der Waals surface area contributed by atoms with Crippen LogP contribution in [-0.4, -0.2) is 24.5 Å². The van der Waals surface area contributed by atoms with Crippen molar-refractivity contribution in [3.05, 3.63) is 65.1 Å². The van der Waals surface area contributed by atoms with Crippen molar-refractivity contribution in [1.82, 2.24) is 24.5 Å². The monoisotopic (exact) mass is 414 g/mol. The van der Waals surface area contributed by atoms with E-state index in [9.17, 15) is 0 Å². The van der Waals surface area contributed by atoms with Crippen LogP contribution in [0.2, 0.25) is 0 Å². The number of fused-ring (bicyclic) bond motifs is 7. The second kappa shape index (κ2) is 7.27. The molecule has 0 radical (unpaired) electrons. The number of aryl methyl sites for hydroxylation is 3. The number of nitrogen functional groups attached to an aromatic ring is 1. The van der Waals surface area contributed by atoms with Crippen molar-refractivity contribution in [2.45, 2.75) is 39.8 Å². The molecular weight excluding hydrogens is 388 g/mol. The van der Waals surface area contributed by atoms with Crippen LogP contribution in [0.5, 0.6) is 5.75 Å². The third-order valence-electron chi connectivity index (χ3n) is 5.97. The minimum atomic E-state index is -0.216. The molecule has 4 aromatic rings. The summed E-state index contributed by atoms with van der Waals surface area (Å²) in [5, 5.41) is 9.22. The van der Waals surface area contributed by atoms with Gasteiger partial charge >= 0.3 is 0 Å². The van der Waals surface area contributed by atoms with Crippen LogP contribution in [0.25, 0.3) is 22.5 Å². The number of rotatable bonds is 1. The Bertz CT molecular complexity index is 1290. The van der Waals surface area contributed by atoms with Gasteiger partial charge in [0.1, 0.15) is 6.10 Å². The number of aromatic nitrogens is 5. The fourth-order valence-corrected chi connectivity index (χ4v) is 4.46. The third-order valence-corrected chi connectivity index (χ3v) is 5.97. The van der Waals surface area contributed by atoms with Gasteiger partial charge in [-0.25, -0.2) is 4.98 Å². The highest BCUT2D eigenvalue weighted by Crippen LogP contribution is 2.38. The molecule has 0 aliphatic carbocycles. The summed E-state index contributed by atoms with van der Waals surface area (Å²) in [6, 6.07) is 8.44. The summed E-state index contributed by atoms with van der Waals surface area (Å²) in [5.74, 6) is 0.963. The van der Waals surface area contributed by atoms with E-state index in [0.717, 1.165) is 52.2 Å². The molecule has 1 unspecified atom stereocenters. The van der Waals surface area contributed by atoms with Crippen molar-refractivity contribution in [3.8, 4) is 28.3 Å². The summed E-state index contributed by atoms with van der Waals surface area (Å²) in [5.41, 5.74) is 14.9. The Labute approximate surface area is 181 Å². The van der Waals surface area contributed by atoms with Gasteiger partial charge in [-0.2, -0.15) is 10.2 Å². The lowest BCUT2D eigenvalue weighted by Gasteiger charge is -2.22. The van der Waals surface area contributed by atoms with Crippen molar-refractivity contribution in [2.75, 3.05) is 5.73 Å². The summed E-state index contributed by atoms with van der Waals surface area (Å²) >= 11 is 0. The maximum Gasteiger partial charge on any atom is 0.166 e. The molecule has 0 spiro atoms. The lowest BCUT2D eigenvalue weighted by Crippen LogP contribution is -2.10. The van der Waals surface area contributed by atoms with Crippen molar-refractivity contribution in [3.63, 3.8) is 0 Å². The third kappa shape index (κ3) is 3.17. The van der Waals surface area contributed by atoms with Crippen LogP contribution < -0.4 is 10.5 Å². The van der Waals surface area contributed by atoms with E-state index in [1.54, 1.807) is 6.20 Å². The molecule has 3 aromatic heterocycles. The number of hydrogen-bond acceptors (Lipinski definition) is 5. The average molecular weight is 415 g/mol. The maximum atomic E-state index is 6.39. The van der Waals surface area contributed by atoms with E-state index in [1.807, 2.05) is 41.8 Å². The number of nitrogens with zero attached hydrogens (tertiary/aromatic N) is 5. The Kier molecular flexibility index (Phi) is 4.54. The Hall–Kier alpha value is -3.61. The van der Waals surface area contributed by atoms with Crippen LogP contribution in [0.1, 0.15) is 42.2 Å². The predicted molar refractivity (Wildman–Crippen MR) is 121 cm³/mol. The highest BCUT2D eigenvalue weighted by molar-refractivity contribution is 5.72. The van der Waals surface area contributed by atoms with Gasteiger partial charge in [0.05, 0.1) is 23.8 Å². The normalized spacial score (nSPS) is 15.2. The Morgan fingerprint density at radius 1 is 1.10 bits per heavy atom. The highest BCUT2D eigenvalue weighted by Gasteiger charge is 2.24. The van der Waals surface area contributed by atoms with E-state index in [0.29, 0.717) is 11.6 Å². The molecule has 1 aromatic carbocycles. The molecule has 0 saturated carbocycles. The lowest BCUT2D eigenvalue weighted by atomic mass is 9.93. The number of hydrogen-bond donors (Lipinski definition) is 1. The van der Waals surface area contributed by atoms with Crippen molar-refractivity contribution in [1.29, 1.82) is 0 Å². The molecule has 1 aliphatic heterocycles. The van der Waals surface area contributed by atoms with Gasteiger partial charge in [-0.05, 0) is 26.8 Å². The molecule has 0 saturated heterocycles. The number of anilines is 1.